The van der Waals surface area contributed by atoms with Crippen LogP contribution in [0.15, 0.2) is 24.3 Å². The summed E-state index contributed by atoms with van der Waals surface area (Å²) in [6.45, 7) is 4.04. The van der Waals surface area contributed by atoms with Crippen molar-refractivity contribution in [2.45, 2.75) is 38.3 Å². The van der Waals surface area contributed by atoms with Crippen molar-refractivity contribution in [3.63, 3.8) is 0 Å². The highest BCUT2D eigenvalue weighted by molar-refractivity contribution is 5.94. The maximum absolute atomic E-state index is 12.1. The first-order chi connectivity index (χ1) is 10.0. The Morgan fingerprint density at radius 3 is 2.67 bits per heavy atom. The minimum Gasteiger partial charge on any atom is -0.497 e. The van der Waals surface area contributed by atoms with Crippen LogP contribution in [0.1, 0.15) is 32.3 Å². The summed E-state index contributed by atoms with van der Waals surface area (Å²) in [5, 5.41) is 11.0. The molecule has 1 aromatic rings. The molecule has 0 spiro atoms. The van der Waals surface area contributed by atoms with Gasteiger partial charge in [0.25, 0.3) is 5.91 Å². The molecule has 1 heterocycles. The van der Waals surface area contributed by atoms with Gasteiger partial charge in [-0.15, -0.1) is 0 Å². The molecule has 1 amide bonds. The standard InChI is InChI=1S/C17H21NO3/c1-4-6-16(19)18-12-5-7-15(18)17(2,20)13-8-10-14(21-3)11-9-13/h8-11,15,20H,5,7,12H2,1-3H3/t15-,17-/m0/s1. The number of benzene rings is 1. The molecule has 2 rings (SSSR count). The first-order valence-electron chi connectivity index (χ1n) is 7.11. The van der Waals surface area contributed by atoms with Gasteiger partial charge in [-0.25, -0.2) is 0 Å². The lowest BCUT2D eigenvalue weighted by molar-refractivity contribution is -0.131. The van der Waals surface area contributed by atoms with E-state index >= 15 is 0 Å². The SMILES string of the molecule is CC#CC(=O)N1CCC[C@H]1[C@@](C)(O)c1ccc(OC)cc1. The Balaban J connectivity index is 2.27. The summed E-state index contributed by atoms with van der Waals surface area (Å²) >= 11 is 0. The van der Waals surface area contributed by atoms with E-state index in [4.69, 9.17) is 4.74 Å². The van der Waals surface area contributed by atoms with Gasteiger partial charge in [-0.1, -0.05) is 18.1 Å². The quantitative estimate of drug-likeness (QED) is 0.864. The zero-order valence-electron chi connectivity index (χ0n) is 12.7. The van der Waals surface area contributed by atoms with Crippen LogP contribution >= 0.6 is 0 Å². The Kier molecular flexibility index (Phi) is 4.54. The van der Waals surface area contributed by atoms with E-state index in [0.29, 0.717) is 6.54 Å². The fraction of sp³-hybridized carbons (Fsp3) is 0.471. The lowest BCUT2D eigenvalue weighted by atomic mass is 9.86. The minimum absolute atomic E-state index is 0.214. The Morgan fingerprint density at radius 2 is 2.10 bits per heavy atom. The molecule has 1 aliphatic rings. The lowest BCUT2D eigenvalue weighted by Crippen LogP contribution is -2.47. The Bertz CT molecular complexity index is 566. The number of carbonyl (C=O) groups excluding carboxylic acids is 1. The third-order valence-corrected chi connectivity index (χ3v) is 4.07. The Hall–Kier alpha value is -1.99. The predicted molar refractivity (Wildman–Crippen MR) is 80.7 cm³/mol. The van der Waals surface area contributed by atoms with E-state index in [0.717, 1.165) is 24.2 Å². The molecule has 1 fully saturated rings. The summed E-state index contributed by atoms with van der Waals surface area (Å²) in [7, 11) is 1.61. The molecule has 1 aromatic carbocycles. The maximum atomic E-state index is 12.1. The van der Waals surface area contributed by atoms with Crippen LogP contribution in [0.5, 0.6) is 5.75 Å². The van der Waals surface area contributed by atoms with Crippen molar-refractivity contribution in [1.82, 2.24) is 4.90 Å². The number of likely N-dealkylation sites (tertiary alicyclic amines) is 1. The average molecular weight is 287 g/mol. The highest BCUT2D eigenvalue weighted by Crippen LogP contribution is 2.35. The van der Waals surface area contributed by atoms with Gasteiger partial charge in [0.2, 0.25) is 0 Å². The topological polar surface area (TPSA) is 49.8 Å². The molecule has 0 unspecified atom stereocenters. The molecule has 2 atom stereocenters. The fourth-order valence-corrected chi connectivity index (χ4v) is 2.89. The van der Waals surface area contributed by atoms with E-state index in [-0.39, 0.29) is 11.9 Å². The van der Waals surface area contributed by atoms with Gasteiger partial charge in [-0.3, -0.25) is 4.79 Å². The summed E-state index contributed by atoms with van der Waals surface area (Å²) in [6.07, 6.45) is 1.66. The van der Waals surface area contributed by atoms with Crippen LogP contribution < -0.4 is 4.74 Å². The predicted octanol–water partition coefficient (Wildman–Crippen LogP) is 1.92. The second-order valence-electron chi connectivity index (χ2n) is 5.41. The molecule has 1 aliphatic heterocycles. The molecule has 0 saturated carbocycles. The average Bonchev–Trinajstić information content (AvgIpc) is 2.98. The molecule has 0 aromatic heterocycles. The van der Waals surface area contributed by atoms with Crippen molar-refractivity contribution in [2.75, 3.05) is 13.7 Å². The van der Waals surface area contributed by atoms with E-state index in [1.807, 2.05) is 24.3 Å². The van der Waals surface area contributed by atoms with Crippen LogP contribution in [0.2, 0.25) is 0 Å². The number of hydrogen-bond donors (Lipinski definition) is 1. The van der Waals surface area contributed by atoms with E-state index in [1.54, 1.807) is 25.9 Å². The van der Waals surface area contributed by atoms with Crippen LogP contribution in [-0.2, 0) is 10.4 Å². The minimum atomic E-state index is -1.10. The third kappa shape index (κ3) is 3.03. The summed E-state index contributed by atoms with van der Waals surface area (Å²) in [4.78, 5) is 13.7. The molecule has 21 heavy (non-hydrogen) atoms. The van der Waals surface area contributed by atoms with Crippen LogP contribution in [0.3, 0.4) is 0 Å². The van der Waals surface area contributed by atoms with Gasteiger partial charge >= 0.3 is 0 Å². The first kappa shape index (κ1) is 15.4. The number of amides is 1. The summed E-state index contributed by atoms with van der Waals surface area (Å²) in [5.74, 6) is 5.72. The van der Waals surface area contributed by atoms with Crippen LogP contribution in [0, 0.1) is 11.8 Å². The van der Waals surface area contributed by atoms with Crippen LogP contribution in [-0.4, -0.2) is 35.6 Å². The highest BCUT2D eigenvalue weighted by atomic mass is 16.5. The summed E-state index contributed by atoms with van der Waals surface area (Å²) in [5.41, 5.74) is -0.328. The van der Waals surface area contributed by atoms with E-state index in [9.17, 15) is 9.90 Å². The molecule has 0 aliphatic carbocycles. The van der Waals surface area contributed by atoms with Gasteiger partial charge in [0, 0.05) is 6.54 Å². The van der Waals surface area contributed by atoms with Crippen molar-refractivity contribution in [3.05, 3.63) is 29.8 Å². The molecular weight excluding hydrogens is 266 g/mol. The van der Waals surface area contributed by atoms with Gasteiger partial charge in [0.15, 0.2) is 0 Å². The number of methoxy groups -OCH3 is 1. The largest absolute Gasteiger partial charge is 0.497 e. The highest BCUT2D eigenvalue weighted by Gasteiger charge is 2.42. The fourth-order valence-electron chi connectivity index (χ4n) is 2.89. The van der Waals surface area contributed by atoms with E-state index in [2.05, 4.69) is 11.8 Å². The van der Waals surface area contributed by atoms with Crippen LogP contribution in [0.25, 0.3) is 0 Å². The van der Waals surface area contributed by atoms with Crippen LogP contribution in [0.4, 0.5) is 0 Å². The Morgan fingerprint density at radius 1 is 1.43 bits per heavy atom. The van der Waals surface area contributed by atoms with Gasteiger partial charge in [-0.05, 0) is 50.3 Å². The first-order valence-corrected chi connectivity index (χ1v) is 7.11. The molecule has 1 N–H and O–H groups in total. The number of aliphatic hydroxyl groups is 1. The molecule has 0 radical (unpaired) electrons. The van der Waals surface area contributed by atoms with Crippen molar-refractivity contribution in [3.8, 4) is 17.6 Å². The second kappa shape index (κ2) is 6.19. The second-order valence-corrected chi connectivity index (χ2v) is 5.41. The van der Waals surface area contributed by atoms with Gasteiger partial charge in [-0.2, -0.15) is 0 Å². The monoisotopic (exact) mass is 287 g/mol. The van der Waals surface area contributed by atoms with Crippen molar-refractivity contribution < 1.29 is 14.6 Å². The van der Waals surface area contributed by atoms with Gasteiger partial charge in [0.05, 0.1) is 13.2 Å². The van der Waals surface area contributed by atoms with Crippen molar-refractivity contribution >= 4 is 5.91 Å². The number of ether oxygens (including phenoxy) is 1. The van der Waals surface area contributed by atoms with Gasteiger partial charge in [0.1, 0.15) is 11.4 Å². The molecule has 1 saturated heterocycles. The third-order valence-electron chi connectivity index (χ3n) is 4.07. The number of carbonyl (C=O) groups is 1. The smallest absolute Gasteiger partial charge is 0.298 e. The maximum Gasteiger partial charge on any atom is 0.298 e. The molecule has 112 valence electrons. The normalized spacial score (nSPS) is 20.4. The van der Waals surface area contributed by atoms with E-state index in [1.165, 1.54) is 0 Å². The lowest BCUT2D eigenvalue weighted by Gasteiger charge is -2.36. The molecular formula is C17H21NO3. The van der Waals surface area contributed by atoms with E-state index < -0.39 is 5.60 Å². The van der Waals surface area contributed by atoms with Crippen molar-refractivity contribution in [2.24, 2.45) is 0 Å². The molecule has 0 bridgehead atoms. The molecule has 4 nitrogen and oxygen atoms in total. The Labute approximate surface area is 125 Å². The summed E-state index contributed by atoms with van der Waals surface area (Å²) in [6, 6.07) is 7.06. The zero-order chi connectivity index (χ0) is 15.5. The van der Waals surface area contributed by atoms with Gasteiger partial charge < -0.3 is 14.7 Å². The van der Waals surface area contributed by atoms with Crippen molar-refractivity contribution in [1.29, 1.82) is 0 Å². The molecule has 4 heteroatoms. The summed E-state index contributed by atoms with van der Waals surface area (Å²) < 4.78 is 5.13. The zero-order valence-corrected chi connectivity index (χ0v) is 12.7. The number of rotatable bonds is 3. The number of hydrogen-bond acceptors (Lipinski definition) is 3. The number of nitrogens with zero attached hydrogens (tertiary/aromatic N) is 1.